The average molecular weight is 177 g/mol. The van der Waals surface area contributed by atoms with Crippen LogP contribution in [-0.4, -0.2) is 16.2 Å². The van der Waals surface area contributed by atoms with Crippen LogP contribution < -0.4 is 5.32 Å². The zero-order valence-corrected chi connectivity index (χ0v) is 8.12. The van der Waals surface area contributed by atoms with Crippen LogP contribution in [0.5, 0.6) is 0 Å². The summed E-state index contributed by atoms with van der Waals surface area (Å²) < 4.78 is 0. The number of nitrogens with zero attached hydrogens (tertiary/aromatic N) is 2. The maximum atomic E-state index is 4.04. The largest absolute Gasteiger partial charge is 0.366 e. The van der Waals surface area contributed by atoms with E-state index in [-0.39, 0.29) is 0 Å². The molecule has 70 valence electrons. The number of hydrogen-bond acceptors (Lipinski definition) is 3. The Morgan fingerprint density at radius 3 is 2.85 bits per heavy atom. The Bertz CT molecular complexity index is 292. The van der Waals surface area contributed by atoms with Crippen molar-refractivity contribution in [2.24, 2.45) is 0 Å². The summed E-state index contributed by atoms with van der Waals surface area (Å²) in [6, 6.07) is 2.74. The highest BCUT2D eigenvalue weighted by Gasteiger charge is 2.21. The first-order chi connectivity index (χ1) is 6.25. The third-order valence-corrected chi connectivity index (χ3v) is 2.27. The standard InChI is InChI=1S/C10H15N3/c1-7(2)8-5-10(13-11-6-8)12-9-3-4-9/h5-7,9H,3-4H2,1-2H3,(H,12,13). The smallest absolute Gasteiger partial charge is 0.149 e. The van der Waals surface area contributed by atoms with E-state index in [4.69, 9.17) is 0 Å². The van der Waals surface area contributed by atoms with Crippen LogP contribution in [0.3, 0.4) is 0 Å². The molecule has 0 amide bonds. The Balaban J connectivity index is 2.11. The quantitative estimate of drug-likeness (QED) is 0.769. The Labute approximate surface area is 78.6 Å². The predicted octanol–water partition coefficient (Wildman–Crippen LogP) is 2.17. The van der Waals surface area contributed by atoms with Crippen LogP contribution in [0, 0.1) is 0 Å². The minimum absolute atomic E-state index is 0.523. The molecule has 1 saturated carbocycles. The molecule has 1 N–H and O–H groups in total. The summed E-state index contributed by atoms with van der Waals surface area (Å²) in [5, 5.41) is 11.4. The molecule has 1 fully saturated rings. The van der Waals surface area contributed by atoms with Crippen LogP contribution >= 0.6 is 0 Å². The van der Waals surface area contributed by atoms with Gasteiger partial charge >= 0.3 is 0 Å². The van der Waals surface area contributed by atoms with Crippen LogP contribution in [0.25, 0.3) is 0 Å². The van der Waals surface area contributed by atoms with Gasteiger partial charge in [0.15, 0.2) is 0 Å². The molecule has 13 heavy (non-hydrogen) atoms. The number of nitrogens with one attached hydrogen (secondary N) is 1. The van der Waals surface area contributed by atoms with E-state index in [1.54, 1.807) is 0 Å². The lowest BCUT2D eigenvalue weighted by Gasteiger charge is -2.06. The van der Waals surface area contributed by atoms with Crippen molar-refractivity contribution in [1.29, 1.82) is 0 Å². The summed E-state index contributed by atoms with van der Waals surface area (Å²) in [5.41, 5.74) is 1.25. The van der Waals surface area contributed by atoms with Gasteiger partial charge in [-0.25, -0.2) is 0 Å². The molecule has 0 unspecified atom stereocenters. The van der Waals surface area contributed by atoms with Crippen LogP contribution in [0.1, 0.15) is 38.2 Å². The molecule has 1 heterocycles. The first-order valence-electron chi connectivity index (χ1n) is 4.85. The lowest BCUT2D eigenvalue weighted by molar-refractivity contribution is 0.840. The van der Waals surface area contributed by atoms with Crippen molar-refractivity contribution in [2.45, 2.75) is 38.6 Å². The van der Waals surface area contributed by atoms with Crippen molar-refractivity contribution in [3.8, 4) is 0 Å². The summed E-state index contributed by atoms with van der Waals surface area (Å²) in [6.07, 6.45) is 4.38. The normalized spacial score (nSPS) is 16.2. The van der Waals surface area contributed by atoms with Gasteiger partial charge in [0.1, 0.15) is 5.82 Å². The molecule has 0 spiro atoms. The maximum absolute atomic E-state index is 4.04. The van der Waals surface area contributed by atoms with E-state index in [1.807, 2.05) is 6.20 Å². The molecular weight excluding hydrogens is 162 g/mol. The van der Waals surface area contributed by atoms with Gasteiger partial charge < -0.3 is 5.32 Å². The van der Waals surface area contributed by atoms with Crippen molar-refractivity contribution in [2.75, 3.05) is 5.32 Å². The summed E-state index contributed by atoms with van der Waals surface area (Å²) in [7, 11) is 0. The molecule has 1 aromatic rings. The number of rotatable bonds is 3. The highest BCUT2D eigenvalue weighted by molar-refractivity contribution is 5.38. The minimum atomic E-state index is 0.523. The Hall–Kier alpha value is -1.12. The van der Waals surface area contributed by atoms with E-state index in [9.17, 15) is 0 Å². The first kappa shape index (κ1) is 8.48. The number of anilines is 1. The average Bonchev–Trinajstić information content (AvgIpc) is 2.89. The molecule has 0 bridgehead atoms. The topological polar surface area (TPSA) is 37.8 Å². The van der Waals surface area contributed by atoms with E-state index >= 15 is 0 Å². The molecule has 1 aliphatic rings. The third-order valence-electron chi connectivity index (χ3n) is 2.27. The fourth-order valence-corrected chi connectivity index (χ4v) is 1.20. The van der Waals surface area contributed by atoms with Crippen molar-refractivity contribution in [3.63, 3.8) is 0 Å². The second-order valence-electron chi connectivity index (χ2n) is 3.95. The fraction of sp³-hybridized carbons (Fsp3) is 0.600. The van der Waals surface area contributed by atoms with E-state index in [0.717, 1.165) is 5.82 Å². The zero-order valence-electron chi connectivity index (χ0n) is 8.12. The lowest BCUT2D eigenvalue weighted by Crippen LogP contribution is -2.04. The Morgan fingerprint density at radius 1 is 1.46 bits per heavy atom. The Kier molecular flexibility index (Phi) is 2.17. The zero-order chi connectivity index (χ0) is 9.26. The first-order valence-corrected chi connectivity index (χ1v) is 4.85. The Morgan fingerprint density at radius 2 is 2.23 bits per heavy atom. The lowest BCUT2D eigenvalue weighted by atomic mass is 10.1. The van der Waals surface area contributed by atoms with E-state index < -0.39 is 0 Å². The van der Waals surface area contributed by atoms with Crippen molar-refractivity contribution in [1.82, 2.24) is 10.2 Å². The number of aromatic nitrogens is 2. The van der Waals surface area contributed by atoms with Gasteiger partial charge in [0.2, 0.25) is 0 Å². The number of hydrogen-bond donors (Lipinski definition) is 1. The monoisotopic (exact) mass is 177 g/mol. The van der Waals surface area contributed by atoms with Gasteiger partial charge in [0.05, 0.1) is 6.20 Å². The molecule has 0 aromatic carbocycles. The van der Waals surface area contributed by atoms with Gasteiger partial charge in [-0.1, -0.05) is 13.8 Å². The van der Waals surface area contributed by atoms with Gasteiger partial charge in [-0.2, -0.15) is 5.10 Å². The molecule has 1 aromatic heterocycles. The van der Waals surface area contributed by atoms with Gasteiger partial charge in [0, 0.05) is 6.04 Å². The third kappa shape index (κ3) is 2.17. The molecule has 3 heteroatoms. The van der Waals surface area contributed by atoms with Gasteiger partial charge in [-0.05, 0) is 30.4 Å². The summed E-state index contributed by atoms with van der Waals surface area (Å²) in [6.45, 7) is 4.33. The highest BCUT2D eigenvalue weighted by Crippen LogP contribution is 2.24. The van der Waals surface area contributed by atoms with Gasteiger partial charge in [0.25, 0.3) is 0 Å². The molecule has 0 aliphatic heterocycles. The van der Waals surface area contributed by atoms with Crippen LogP contribution in [0.15, 0.2) is 12.3 Å². The minimum Gasteiger partial charge on any atom is -0.366 e. The molecule has 2 rings (SSSR count). The van der Waals surface area contributed by atoms with E-state index in [1.165, 1.54) is 18.4 Å². The van der Waals surface area contributed by atoms with E-state index in [0.29, 0.717) is 12.0 Å². The van der Waals surface area contributed by atoms with Crippen LogP contribution in [-0.2, 0) is 0 Å². The molecular formula is C10H15N3. The van der Waals surface area contributed by atoms with E-state index in [2.05, 4.69) is 35.4 Å². The van der Waals surface area contributed by atoms with Crippen molar-refractivity contribution >= 4 is 5.82 Å². The fourth-order valence-electron chi connectivity index (χ4n) is 1.20. The molecule has 0 radical (unpaired) electrons. The summed E-state index contributed by atoms with van der Waals surface area (Å²) in [5.74, 6) is 1.45. The van der Waals surface area contributed by atoms with Crippen molar-refractivity contribution in [3.05, 3.63) is 17.8 Å². The second kappa shape index (κ2) is 3.32. The molecule has 1 aliphatic carbocycles. The van der Waals surface area contributed by atoms with Gasteiger partial charge in [-0.3, -0.25) is 0 Å². The summed E-state index contributed by atoms with van der Waals surface area (Å²) >= 11 is 0. The SMILES string of the molecule is CC(C)c1cnnc(NC2CC2)c1. The second-order valence-corrected chi connectivity index (χ2v) is 3.95. The molecule has 0 saturated heterocycles. The van der Waals surface area contributed by atoms with Crippen LogP contribution in [0.4, 0.5) is 5.82 Å². The predicted molar refractivity (Wildman–Crippen MR) is 52.8 cm³/mol. The van der Waals surface area contributed by atoms with Crippen molar-refractivity contribution < 1.29 is 0 Å². The highest BCUT2D eigenvalue weighted by atomic mass is 15.2. The summed E-state index contributed by atoms with van der Waals surface area (Å²) in [4.78, 5) is 0. The van der Waals surface area contributed by atoms with Gasteiger partial charge in [-0.15, -0.1) is 5.10 Å². The molecule has 0 atom stereocenters. The van der Waals surface area contributed by atoms with Crippen LogP contribution in [0.2, 0.25) is 0 Å². The maximum Gasteiger partial charge on any atom is 0.149 e. The molecule has 3 nitrogen and oxygen atoms in total.